The molecule has 3 aromatic heterocycles. The molecule has 3 heterocycles. The smallest absolute Gasteiger partial charge is 0.353 e. The number of aromatic nitrogens is 7. The predicted octanol–water partition coefficient (Wildman–Crippen LogP) is 4.03. The minimum Gasteiger partial charge on any atom is -0.497 e. The number of benzene rings is 4. The number of isocyanates is 2. The average molecular weight is 1050 g/mol. The molecule has 28 heteroatoms. The van der Waals surface area contributed by atoms with Crippen LogP contribution in [0.2, 0.25) is 0 Å². The van der Waals surface area contributed by atoms with Crippen molar-refractivity contribution < 1.29 is 67.0 Å². The lowest BCUT2D eigenvalue weighted by Gasteiger charge is -2.10. The molecular weight excluding hydrogens is 999 g/mol. The fourth-order valence-corrected chi connectivity index (χ4v) is 6.17. The first-order valence-corrected chi connectivity index (χ1v) is 21.5. The van der Waals surface area contributed by atoms with E-state index in [1.165, 1.54) is 39.0 Å². The zero-order valence-corrected chi connectivity index (χ0v) is 42.3. The van der Waals surface area contributed by atoms with Crippen molar-refractivity contribution in [2.75, 3.05) is 56.9 Å². The molecule has 0 saturated carbocycles. The highest BCUT2D eigenvalue weighted by molar-refractivity contribution is 5.96. The molecule has 2 amide bonds. The SMILES string of the molecule is COc1ccc(CC(=O)O)c(OC)c1.COc1ccc(CN=C=O)c(OC)c1.COc1ccc(CN=C=O)c(OC)c1.COc1ccc(Cn2nnc3c(C(N)=O)ncn3c2=O)c(OC)c1.N=Nc1nc[nH]c1C(N)=O. The van der Waals surface area contributed by atoms with E-state index in [0.717, 1.165) is 20.2 Å². The van der Waals surface area contributed by atoms with Crippen molar-refractivity contribution in [3.05, 3.63) is 130 Å². The quantitative estimate of drug-likeness (QED) is 0.0433. The van der Waals surface area contributed by atoms with Crippen LogP contribution in [0.25, 0.3) is 5.65 Å². The summed E-state index contributed by atoms with van der Waals surface area (Å²) in [5.74, 6) is 2.79. The Kier molecular flexibility index (Phi) is 24.5. The van der Waals surface area contributed by atoms with Gasteiger partial charge < -0.3 is 59.5 Å². The largest absolute Gasteiger partial charge is 0.497 e. The zero-order valence-electron chi connectivity index (χ0n) is 42.3. The number of primary amides is 2. The van der Waals surface area contributed by atoms with Crippen LogP contribution in [0.1, 0.15) is 43.2 Å². The number of aromatic amines is 1. The van der Waals surface area contributed by atoms with Crippen molar-refractivity contribution in [3.8, 4) is 46.0 Å². The third-order valence-corrected chi connectivity index (χ3v) is 9.89. The van der Waals surface area contributed by atoms with Gasteiger partial charge in [0, 0.05) is 46.5 Å². The summed E-state index contributed by atoms with van der Waals surface area (Å²) in [4.78, 5) is 81.3. The van der Waals surface area contributed by atoms with Gasteiger partial charge in [0.1, 0.15) is 52.3 Å². The molecule has 0 aliphatic rings. The first-order chi connectivity index (χ1) is 36.6. The van der Waals surface area contributed by atoms with Crippen molar-refractivity contribution in [2.24, 2.45) is 26.6 Å². The lowest BCUT2D eigenvalue weighted by molar-refractivity contribution is -0.136. The number of nitrogens with two attached hydrogens (primary N) is 2. The van der Waals surface area contributed by atoms with E-state index >= 15 is 0 Å². The average Bonchev–Trinajstić information content (AvgIpc) is 4.12. The number of hydrogen-bond donors (Lipinski definition) is 5. The highest BCUT2D eigenvalue weighted by Crippen LogP contribution is 2.28. The Morgan fingerprint density at radius 1 is 0.645 bits per heavy atom. The van der Waals surface area contributed by atoms with Crippen LogP contribution in [0, 0.1) is 5.53 Å². The number of H-pyrrole nitrogens is 1. The van der Waals surface area contributed by atoms with Gasteiger partial charge in [-0.05, 0) is 42.5 Å². The molecular formula is C48H53N13O15. The van der Waals surface area contributed by atoms with Crippen molar-refractivity contribution in [2.45, 2.75) is 26.1 Å². The predicted molar refractivity (Wildman–Crippen MR) is 268 cm³/mol. The van der Waals surface area contributed by atoms with Crippen LogP contribution < -0.4 is 55.1 Å². The molecule has 0 atom stereocenters. The van der Waals surface area contributed by atoms with Gasteiger partial charge in [-0.2, -0.15) is 4.68 Å². The first kappa shape index (κ1) is 59.8. The maximum atomic E-state index is 12.5. The van der Waals surface area contributed by atoms with Crippen molar-refractivity contribution in [3.63, 3.8) is 0 Å². The molecule has 7 aromatic rings. The fourth-order valence-electron chi connectivity index (χ4n) is 6.17. The van der Waals surface area contributed by atoms with Gasteiger partial charge in [-0.15, -0.1) is 10.2 Å². The van der Waals surface area contributed by atoms with Gasteiger partial charge in [-0.3, -0.25) is 14.4 Å². The number of ether oxygens (including phenoxy) is 8. The molecule has 7 N–H and O–H groups in total. The van der Waals surface area contributed by atoms with Gasteiger partial charge in [-0.25, -0.2) is 44.3 Å². The lowest BCUT2D eigenvalue weighted by atomic mass is 10.1. The summed E-state index contributed by atoms with van der Waals surface area (Å²) in [7, 11) is 12.4. The van der Waals surface area contributed by atoms with Crippen LogP contribution in [0.15, 0.2) is 105 Å². The van der Waals surface area contributed by atoms with Crippen molar-refractivity contribution >= 4 is 41.4 Å². The second-order valence-corrected chi connectivity index (χ2v) is 14.4. The molecule has 0 unspecified atom stereocenters. The normalized spacial score (nSPS) is 9.68. The van der Waals surface area contributed by atoms with Crippen molar-refractivity contribution in [1.29, 1.82) is 5.53 Å². The Morgan fingerprint density at radius 2 is 1.08 bits per heavy atom. The van der Waals surface area contributed by atoms with Crippen LogP contribution in [-0.2, 0) is 40.4 Å². The summed E-state index contributed by atoms with van der Waals surface area (Å²) in [5, 5.41) is 19.3. The standard InChI is InChI=1S/C14H14N6O4.2C10H11NO3.C10H12O4.C4H5N5O/c1-23-9-4-3-8(10(5-9)24-2)6-20-14(22)19-7-16-11(12(15)21)13(19)17-18-20;2*1-13-9-4-3-8(6-11-7-12)10(5-9)14-2;1-13-8-4-3-7(5-10(11)12)9(6-8)14-2;5-3(10)2-4(9-6)8-1-7-2/h3-5,7H,6H2,1-2H3,(H2,15,21);2*3-5H,6H2,1-2H3;3-4,6H,5H2,1-2H3,(H,11,12);1,6H,(H2,5,10)(H,7,8). The highest BCUT2D eigenvalue weighted by Gasteiger charge is 2.17. The molecule has 0 aliphatic heterocycles. The summed E-state index contributed by atoms with van der Waals surface area (Å²) in [6, 6.07) is 21.0. The van der Waals surface area contributed by atoms with Crippen molar-refractivity contribution in [1.82, 2.24) is 34.3 Å². The summed E-state index contributed by atoms with van der Waals surface area (Å²) in [5.41, 5.74) is 19.1. The molecule has 28 nitrogen and oxygen atoms in total. The molecule has 0 radical (unpaired) electrons. The van der Waals surface area contributed by atoms with E-state index in [1.54, 1.807) is 115 Å². The van der Waals surface area contributed by atoms with Gasteiger partial charge >= 0.3 is 11.7 Å². The van der Waals surface area contributed by atoms with Crippen LogP contribution in [0.4, 0.5) is 5.82 Å². The number of hydrogen-bond acceptors (Lipinski definition) is 22. The maximum Gasteiger partial charge on any atom is 0.353 e. The van der Waals surface area contributed by atoms with Gasteiger partial charge in [0.2, 0.25) is 18.0 Å². The molecule has 0 saturated heterocycles. The summed E-state index contributed by atoms with van der Waals surface area (Å²) < 4.78 is 43.0. The van der Waals surface area contributed by atoms with Gasteiger partial charge in [0.05, 0.1) is 89.3 Å². The summed E-state index contributed by atoms with van der Waals surface area (Å²) in [6.07, 6.45) is 5.37. The van der Waals surface area contributed by atoms with Gasteiger partial charge in [0.25, 0.3) is 11.8 Å². The molecule has 0 bridgehead atoms. The first-order valence-electron chi connectivity index (χ1n) is 21.5. The topological polar surface area (TPSA) is 386 Å². The second kappa shape index (κ2) is 31.1. The highest BCUT2D eigenvalue weighted by atomic mass is 16.5. The van der Waals surface area contributed by atoms with Crippen LogP contribution in [0.3, 0.4) is 0 Å². The number of fused-ring (bicyclic) bond motifs is 1. The van der Waals surface area contributed by atoms with Crippen LogP contribution in [-0.4, -0.2) is 126 Å². The molecule has 0 spiro atoms. The number of methoxy groups -OCH3 is 8. The third kappa shape index (κ3) is 17.4. The second-order valence-electron chi connectivity index (χ2n) is 14.4. The van der Waals surface area contributed by atoms with Crippen LogP contribution in [0.5, 0.6) is 46.0 Å². The maximum absolute atomic E-state index is 12.5. The minimum absolute atomic E-state index is 0.0189. The Morgan fingerprint density at radius 3 is 1.46 bits per heavy atom. The fraction of sp³-hybridized carbons (Fsp3) is 0.250. The van der Waals surface area contributed by atoms with Gasteiger partial charge in [-0.1, -0.05) is 11.3 Å². The number of aliphatic carboxylic acids is 1. The molecule has 76 heavy (non-hydrogen) atoms. The van der Waals surface area contributed by atoms with E-state index in [1.807, 2.05) is 0 Å². The van der Waals surface area contributed by atoms with E-state index in [0.29, 0.717) is 57.1 Å². The summed E-state index contributed by atoms with van der Waals surface area (Å²) >= 11 is 0. The lowest BCUT2D eigenvalue weighted by Crippen LogP contribution is -2.30. The molecule has 7 rings (SSSR count). The summed E-state index contributed by atoms with van der Waals surface area (Å²) in [6.45, 7) is 0.673. The number of nitrogens with zero attached hydrogens (tertiary/aromatic N) is 9. The number of carbonyl (C=O) groups excluding carboxylic acids is 4. The number of carbonyl (C=O) groups is 3. The van der Waals surface area contributed by atoms with E-state index in [2.05, 4.69) is 40.4 Å². The van der Waals surface area contributed by atoms with E-state index in [-0.39, 0.29) is 48.9 Å². The van der Waals surface area contributed by atoms with E-state index in [4.69, 9.17) is 60.0 Å². The Bertz CT molecular complexity index is 3090. The number of carboxylic acid groups (broad SMARTS) is 1. The number of carboxylic acids is 1. The Labute approximate surface area is 432 Å². The number of imidazole rings is 2. The minimum atomic E-state index is -0.881. The van der Waals surface area contributed by atoms with E-state index in [9.17, 15) is 28.8 Å². The van der Waals surface area contributed by atoms with E-state index < -0.39 is 23.5 Å². The number of aliphatic imine (C=N–C) groups is 2. The third-order valence-electron chi connectivity index (χ3n) is 9.89. The van der Waals surface area contributed by atoms with Crippen LogP contribution >= 0.6 is 0 Å². The molecule has 0 fully saturated rings. The Hall–Kier alpha value is -10.5. The molecule has 4 aromatic carbocycles. The molecule has 0 aliphatic carbocycles. The zero-order chi connectivity index (χ0) is 56.2. The number of nitrogens with one attached hydrogen (secondary N) is 2. The monoisotopic (exact) mass is 1050 g/mol. The number of amides is 2. The van der Waals surface area contributed by atoms with Gasteiger partial charge in [0.15, 0.2) is 17.0 Å². The Balaban J connectivity index is 0.000000259. The molecule has 400 valence electrons. The number of rotatable bonds is 19.